The molecule has 1 saturated heterocycles. The molecule has 0 amide bonds. The van der Waals surface area contributed by atoms with Gasteiger partial charge in [-0.3, -0.25) is 0 Å². The predicted molar refractivity (Wildman–Crippen MR) is 55.5 cm³/mol. The van der Waals surface area contributed by atoms with Gasteiger partial charge in [-0.2, -0.15) is 0 Å². The van der Waals surface area contributed by atoms with Crippen LogP contribution in [0.5, 0.6) is 0 Å². The fourth-order valence-corrected chi connectivity index (χ4v) is 2.40. The van der Waals surface area contributed by atoms with Crippen molar-refractivity contribution in [2.24, 2.45) is 23.5 Å². The van der Waals surface area contributed by atoms with Gasteiger partial charge in [0.1, 0.15) is 0 Å². The maximum atomic E-state index is 5.63. The van der Waals surface area contributed by atoms with Crippen LogP contribution < -0.4 is 5.73 Å². The molecule has 1 heterocycles. The molecular weight excluding hydrogens is 160 g/mol. The summed E-state index contributed by atoms with van der Waals surface area (Å²) in [7, 11) is 0. The van der Waals surface area contributed by atoms with Crippen molar-refractivity contribution < 1.29 is 0 Å². The molecule has 2 fully saturated rings. The molecule has 2 nitrogen and oxygen atoms in total. The van der Waals surface area contributed by atoms with Gasteiger partial charge in [0.2, 0.25) is 0 Å². The number of nitrogens with two attached hydrogens (primary N) is 1. The molecule has 2 rings (SSSR count). The summed E-state index contributed by atoms with van der Waals surface area (Å²) in [6.07, 6.45) is 4.20. The third kappa shape index (κ3) is 2.44. The Hall–Kier alpha value is -0.0800. The van der Waals surface area contributed by atoms with Crippen LogP contribution in [0, 0.1) is 17.8 Å². The summed E-state index contributed by atoms with van der Waals surface area (Å²) in [6, 6.07) is 0. The summed E-state index contributed by atoms with van der Waals surface area (Å²) < 4.78 is 0. The summed E-state index contributed by atoms with van der Waals surface area (Å²) in [5.41, 5.74) is 5.63. The summed E-state index contributed by atoms with van der Waals surface area (Å²) in [4.78, 5) is 2.64. The Morgan fingerprint density at radius 2 is 1.92 bits per heavy atom. The van der Waals surface area contributed by atoms with E-state index in [2.05, 4.69) is 11.8 Å². The van der Waals surface area contributed by atoms with Crippen molar-refractivity contribution >= 4 is 0 Å². The zero-order valence-corrected chi connectivity index (χ0v) is 8.71. The van der Waals surface area contributed by atoms with Crippen molar-refractivity contribution in [1.29, 1.82) is 0 Å². The van der Waals surface area contributed by atoms with Crippen LogP contribution in [-0.4, -0.2) is 31.1 Å². The van der Waals surface area contributed by atoms with Gasteiger partial charge in [0.05, 0.1) is 0 Å². The van der Waals surface area contributed by atoms with Crippen molar-refractivity contribution in [3.8, 4) is 0 Å². The normalized spacial score (nSPS) is 36.5. The Balaban J connectivity index is 1.66. The van der Waals surface area contributed by atoms with Crippen LogP contribution in [0.1, 0.15) is 26.2 Å². The molecule has 1 saturated carbocycles. The maximum Gasteiger partial charge on any atom is 0.00129 e. The van der Waals surface area contributed by atoms with Gasteiger partial charge < -0.3 is 10.6 Å². The molecule has 0 aromatic carbocycles. The van der Waals surface area contributed by atoms with Gasteiger partial charge in [-0.25, -0.2) is 0 Å². The topological polar surface area (TPSA) is 29.3 Å². The Bertz CT molecular complexity index is 161. The number of hydrogen-bond donors (Lipinski definition) is 1. The highest BCUT2D eigenvalue weighted by molar-refractivity contribution is 4.89. The van der Waals surface area contributed by atoms with Gasteiger partial charge in [-0.05, 0) is 56.7 Å². The van der Waals surface area contributed by atoms with Crippen molar-refractivity contribution in [3.63, 3.8) is 0 Å². The standard InChI is InChI=1S/C11H22N2/c1-9-2-4-13(5-3-9)8-11-6-10(11)7-12/h9-11H,2-8,12H2,1H3/t10-,11-/m1/s1. The molecule has 0 spiro atoms. The smallest absolute Gasteiger partial charge is 0.00129 e. The van der Waals surface area contributed by atoms with Crippen LogP contribution in [-0.2, 0) is 0 Å². The molecule has 2 heteroatoms. The molecule has 13 heavy (non-hydrogen) atoms. The van der Waals surface area contributed by atoms with Gasteiger partial charge in [-0.15, -0.1) is 0 Å². The average Bonchev–Trinajstić information content (AvgIpc) is 2.88. The minimum absolute atomic E-state index is 0.861. The number of likely N-dealkylation sites (tertiary alicyclic amines) is 1. The van der Waals surface area contributed by atoms with Crippen molar-refractivity contribution in [2.45, 2.75) is 26.2 Å². The van der Waals surface area contributed by atoms with E-state index in [1.54, 1.807) is 0 Å². The highest BCUT2D eigenvalue weighted by Gasteiger charge is 2.36. The van der Waals surface area contributed by atoms with Gasteiger partial charge in [0.25, 0.3) is 0 Å². The first-order valence-electron chi connectivity index (χ1n) is 5.72. The second-order valence-corrected chi connectivity index (χ2v) is 4.97. The van der Waals surface area contributed by atoms with E-state index in [1.165, 1.54) is 38.9 Å². The molecule has 0 aromatic rings. The molecule has 1 aliphatic heterocycles. The van der Waals surface area contributed by atoms with Crippen LogP contribution in [0.25, 0.3) is 0 Å². The summed E-state index contributed by atoms with van der Waals surface area (Å²) in [5.74, 6) is 2.76. The summed E-state index contributed by atoms with van der Waals surface area (Å²) >= 11 is 0. The average molecular weight is 182 g/mol. The third-order valence-corrected chi connectivity index (χ3v) is 3.74. The number of piperidine rings is 1. The molecule has 0 bridgehead atoms. The molecular formula is C11H22N2. The van der Waals surface area contributed by atoms with E-state index in [4.69, 9.17) is 5.73 Å². The van der Waals surface area contributed by atoms with E-state index < -0.39 is 0 Å². The van der Waals surface area contributed by atoms with Gasteiger partial charge in [-0.1, -0.05) is 6.92 Å². The first-order valence-corrected chi connectivity index (χ1v) is 5.72. The van der Waals surface area contributed by atoms with E-state index in [0.29, 0.717) is 0 Å². The van der Waals surface area contributed by atoms with Crippen molar-refractivity contribution in [2.75, 3.05) is 26.2 Å². The van der Waals surface area contributed by atoms with Crippen molar-refractivity contribution in [1.82, 2.24) is 4.90 Å². The third-order valence-electron chi connectivity index (χ3n) is 3.74. The maximum absolute atomic E-state index is 5.63. The number of rotatable bonds is 3. The van der Waals surface area contributed by atoms with E-state index in [0.717, 1.165) is 24.3 Å². The Morgan fingerprint density at radius 1 is 1.23 bits per heavy atom. The lowest BCUT2D eigenvalue weighted by atomic mass is 9.99. The van der Waals surface area contributed by atoms with Crippen LogP contribution in [0.3, 0.4) is 0 Å². The van der Waals surface area contributed by atoms with Crippen LogP contribution in [0.4, 0.5) is 0 Å². The number of hydrogen-bond acceptors (Lipinski definition) is 2. The monoisotopic (exact) mass is 182 g/mol. The molecule has 0 unspecified atom stereocenters. The van der Waals surface area contributed by atoms with E-state index in [9.17, 15) is 0 Å². The first kappa shape index (κ1) is 9.47. The van der Waals surface area contributed by atoms with Crippen LogP contribution >= 0.6 is 0 Å². The quantitative estimate of drug-likeness (QED) is 0.713. The lowest BCUT2D eigenvalue weighted by Crippen LogP contribution is -2.34. The lowest BCUT2D eigenvalue weighted by Gasteiger charge is -2.30. The minimum atomic E-state index is 0.861. The molecule has 1 aliphatic carbocycles. The fraction of sp³-hybridized carbons (Fsp3) is 1.00. The Kier molecular flexibility index (Phi) is 2.89. The SMILES string of the molecule is CC1CCN(C[C@H]2C[C@@H]2CN)CC1. The highest BCUT2D eigenvalue weighted by atomic mass is 15.1. The second kappa shape index (κ2) is 3.97. The minimum Gasteiger partial charge on any atom is -0.330 e. The molecule has 76 valence electrons. The fourth-order valence-electron chi connectivity index (χ4n) is 2.40. The lowest BCUT2D eigenvalue weighted by molar-refractivity contribution is 0.183. The van der Waals surface area contributed by atoms with E-state index in [-0.39, 0.29) is 0 Å². The zero-order chi connectivity index (χ0) is 9.26. The van der Waals surface area contributed by atoms with Gasteiger partial charge in [0.15, 0.2) is 0 Å². The van der Waals surface area contributed by atoms with E-state index in [1.807, 2.05) is 0 Å². The Morgan fingerprint density at radius 3 is 2.46 bits per heavy atom. The van der Waals surface area contributed by atoms with Crippen LogP contribution in [0.15, 0.2) is 0 Å². The largest absolute Gasteiger partial charge is 0.330 e. The molecule has 2 N–H and O–H groups in total. The molecule has 0 radical (unpaired) electrons. The second-order valence-electron chi connectivity index (χ2n) is 4.97. The number of nitrogens with zero attached hydrogens (tertiary/aromatic N) is 1. The first-order chi connectivity index (χ1) is 6.29. The highest BCUT2D eigenvalue weighted by Crippen LogP contribution is 2.38. The Labute approximate surface area is 81.5 Å². The predicted octanol–water partition coefficient (Wildman–Crippen LogP) is 1.31. The molecule has 2 aliphatic rings. The molecule has 0 aromatic heterocycles. The van der Waals surface area contributed by atoms with E-state index >= 15 is 0 Å². The molecule has 2 atom stereocenters. The summed E-state index contributed by atoms with van der Waals surface area (Å²) in [5, 5.41) is 0. The van der Waals surface area contributed by atoms with Gasteiger partial charge in [0, 0.05) is 6.54 Å². The van der Waals surface area contributed by atoms with Gasteiger partial charge >= 0.3 is 0 Å². The summed E-state index contributed by atoms with van der Waals surface area (Å²) in [6.45, 7) is 7.27. The van der Waals surface area contributed by atoms with Crippen molar-refractivity contribution in [3.05, 3.63) is 0 Å². The zero-order valence-electron chi connectivity index (χ0n) is 8.71. The van der Waals surface area contributed by atoms with Crippen LogP contribution in [0.2, 0.25) is 0 Å².